The van der Waals surface area contributed by atoms with Crippen molar-refractivity contribution < 1.29 is 74.1 Å². The zero-order chi connectivity index (χ0) is 70.9. The minimum absolute atomic E-state index is 0.222. The van der Waals surface area contributed by atoms with Crippen molar-refractivity contribution >= 4 is 110 Å². The smallest absolute Gasteiger partial charge is 0.392 e. The fourth-order valence-corrected chi connectivity index (χ4v) is 11.9. The van der Waals surface area contributed by atoms with Gasteiger partial charge in [0.2, 0.25) is 15.6 Å². The van der Waals surface area contributed by atoms with Crippen LogP contribution in [0.15, 0.2) is 72.8 Å². The number of nitrogens with one attached hydrogen (secondary N) is 4. The van der Waals surface area contributed by atoms with Crippen LogP contribution in [0, 0.1) is 46.3 Å². The molecule has 5 bridgehead atoms. The first kappa shape index (κ1) is 77.4. The minimum atomic E-state index is -4.66. The maximum atomic E-state index is 14.8. The Kier molecular flexibility index (Phi) is 26.2. The van der Waals surface area contributed by atoms with Crippen molar-refractivity contribution in [1.29, 1.82) is 0 Å². The molecule has 4 N–H and O–H groups in total. The topological polar surface area (TPSA) is 228 Å². The number of esters is 3. The molecule has 3 aliphatic rings. The molecular formula is C68H87Cl3F6N8O10. The first-order chi connectivity index (χ1) is 44.0. The number of ether oxygens (including phenoxy) is 3. The maximum Gasteiger partial charge on any atom is 0.392 e. The molecule has 5 heterocycles. The van der Waals surface area contributed by atoms with Gasteiger partial charge in [0.15, 0.2) is 0 Å². The van der Waals surface area contributed by atoms with Gasteiger partial charge in [-0.1, -0.05) is 151 Å². The molecule has 27 heteroatoms. The summed E-state index contributed by atoms with van der Waals surface area (Å²) in [7, 11) is 0. The average Bonchev–Trinajstić information content (AvgIpc) is 1.05. The highest BCUT2D eigenvalue weighted by Gasteiger charge is 2.51. The van der Waals surface area contributed by atoms with Crippen LogP contribution in [0.25, 0.3) is 34.0 Å². The average molecular weight is 1400 g/mol. The molecule has 95 heavy (non-hydrogen) atoms. The van der Waals surface area contributed by atoms with Crippen LogP contribution in [-0.4, -0.2) is 122 Å². The van der Waals surface area contributed by atoms with E-state index in [0.29, 0.717) is 65.8 Å². The number of hydrogen-bond donors (Lipinski definition) is 4. The molecule has 522 valence electrons. The van der Waals surface area contributed by atoms with Gasteiger partial charge in [0, 0.05) is 42.6 Å². The molecule has 0 radical (unpaired) electrons. The second-order valence-electron chi connectivity index (χ2n) is 26.7. The normalized spacial score (nSPS) is 22.8. The quantitative estimate of drug-likeness (QED) is 0.0399. The summed E-state index contributed by atoms with van der Waals surface area (Å²) in [5.74, 6) is -10.8. The number of hydrogen-bond acceptors (Lipinski definition) is 14. The molecule has 0 spiro atoms. The molecular weight excluding hydrogens is 1310 g/mol. The molecule has 0 saturated carbocycles. The van der Waals surface area contributed by atoms with Gasteiger partial charge in [-0.25, -0.2) is 20.8 Å². The molecule has 2 aromatic carbocycles. The summed E-state index contributed by atoms with van der Waals surface area (Å²) in [5, 5.41) is 9.32. The molecule has 18 nitrogen and oxygen atoms in total. The van der Waals surface area contributed by atoms with Gasteiger partial charge in [-0.3, -0.25) is 43.6 Å². The number of nitrogens with zero attached hydrogens (tertiary/aromatic N) is 4. The second kappa shape index (κ2) is 32.2. The predicted molar refractivity (Wildman–Crippen MR) is 351 cm³/mol. The van der Waals surface area contributed by atoms with Crippen molar-refractivity contribution in [3.8, 4) is 0 Å². The van der Waals surface area contributed by atoms with Gasteiger partial charge >= 0.3 is 30.3 Å². The van der Waals surface area contributed by atoms with E-state index < -0.39 is 160 Å². The summed E-state index contributed by atoms with van der Waals surface area (Å²) in [6.45, 7) is 20.4. The Morgan fingerprint density at radius 2 is 1.47 bits per heavy atom. The summed E-state index contributed by atoms with van der Waals surface area (Å²) >= 11 is 16.9. The van der Waals surface area contributed by atoms with E-state index in [-0.39, 0.29) is 6.54 Å². The molecule has 4 aromatic rings. The first-order valence-corrected chi connectivity index (χ1v) is 32.9. The van der Waals surface area contributed by atoms with Crippen LogP contribution in [0.2, 0.25) is 0 Å². The van der Waals surface area contributed by atoms with Crippen molar-refractivity contribution in [2.24, 2.45) is 46.3 Å². The van der Waals surface area contributed by atoms with Crippen LogP contribution in [0.1, 0.15) is 163 Å². The van der Waals surface area contributed by atoms with E-state index in [1.165, 1.54) is 70.6 Å². The van der Waals surface area contributed by atoms with Crippen LogP contribution < -0.4 is 21.5 Å². The molecule has 10 atom stereocenters. The van der Waals surface area contributed by atoms with Crippen LogP contribution in [0.5, 0.6) is 0 Å². The largest absolute Gasteiger partial charge is 0.460 e. The van der Waals surface area contributed by atoms with Gasteiger partial charge in [0.25, 0.3) is 11.8 Å². The van der Waals surface area contributed by atoms with Crippen LogP contribution in [0.4, 0.5) is 26.3 Å². The van der Waals surface area contributed by atoms with E-state index in [1.54, 1.807) is 96.2 Å². The Hall–Kier alpha value is -6.60. The number of cyclic esters (lactones) is 1. The molecule has 0 aliphatic carbocycles. The fraction of sp³-hybridized carbons (Fsp3) is 0.574. The molecule has 2 saturated heterocycles. The monoisotopic (exact) mass is 1390 g/mol. The molecule has 2 fully saturated rings. The highest BCUT2D eigenvalue weighted by atomic mass is 35.6. The molecule has 3 aliphatic heterocycles. The summed E-state index contributed by atoms with van der Waals surface area (Å²) in [4.78, 5) is 99.6. The van der Waals surface area contributed by atoms with Gasteiger partial charge < -0.3 is 24.8 Å². The number of amides is 4. The number of carbonyl (C=O) groups is 7. The van der Waals surface area contributed by atoms with E-state index in [9.17, 15) is 59.9 Å². The van der Waals surface area contributed by atoms with Crippen molar-refractivity contribution in [1.82, 2.24) is 41.5 Å². The number of aromatic nitrogens is 2. The number of carbonyl (C=O) groups excluding carboxylic acids is 7. The SMILES string of the molecule is CC(=O)O[C@H](C)c1ccc2ccc(/C=C/C(C)(C)[C@H](C[C@H](C(=O)N[C@@H](C)C(=O)N3CCC[C@@H](C(=O)OCC(Cl)(Cl)Cl)N3)C(C)C)C(F)(F)F)cc2n1.CC1OC(=O)[C@@H]2CCCN(N2)C(=O)[C@H](C)NC(=O)[C@H](C(C)C)C[C@H](C(F)(F)F)C(C)(C)/C=C/c2ccc3ccc1nc3c2. The number of pyridine rings is 2. The number of fused-ring (bicyclic) bond motifs is 5. The molecule has 7 rings (SSSR count). The standard InChI is InChI=1S/C36H46Cl3F3N4O6.C32H41F3N4O4/c1-20(2)26(31(48)43-21(3)32(49)46-16-8-9-28(45-46)33(50)51-19-35(37,38)39)18-30(36(40,41)42)34(6,7)15-14-24-10-11-25-12-13-27(44-29(25)17-24)22(4)52-23(5)47;1-18(2)23-17-27(32(33,34)35)31(5,6)14-13-21-9-10-22-11-12-24(37-26(22)16-21)20(4)43-30(42)25-8-7-15-39(38-25)29(41)19(3)36-28(23)40/h10-15,17,20-22,26,28,30,45H,8-9,16,18-19H2,1-7H3,(H,43,48);9-14,16,18-20,23,25,27,38H,7-8,15,17H2,1-6H3,(H,36,40)/b15-14+;14-13+/t21-,22+,26-,28-,30-;19-,20?,23-,25-,27-/m00/s1. The molecule has 1 unspecified atom stereocenters. The number of halogens is 9. The zero-order valence-electron chi connectivity index (χ0n) is 55.6. The minimum Gasteiger partial charge on any atom is -0.460 e. The van der Waals surface area contributed by atoms with Gasteiger partial charge in [0.05, 0.1) is 34.3 Å². The van der Waals surface area contributed by atoms with Gasteiger partial charge in [0.1, 0.15) is 43.0 Å². The lowest BCUT2D eigenvalue weighted by molar-refractivity contribution is -0.203. The highest BCUT2D eigenvalue weighted by molar-refractivity contribution is 6.67. The number of allylic oxidation sites excluding steroid dienone is 2. The zero-order valence-corrected chi connectivity index (χ0v) is 57.9. The van der Waals surface area contributed by atoms with Crippen molar-refractivity contribution in [3.05, 3.63) is 95.3 Å². The third-order valence-corrected chi connectivity index (χ3v) is 17.8. The van der Waals surface area contributed by atoms with Crippen molar-refractivity contribution in [3.63, 3.8) is 0 Å². The predicted octanol–water partition coefficient (Wildman–Crippen LogP) is 13.4. The Morgan fingerprint density at radius 3 is 2.09 bits per heavy atom. The summed E-state index contributed by atoms with van der Waals surface area (Å²) in [6.07, 6.45) is -3.47. The van der Waals surface area contributed by atoms with E-state index in [2.05, 4.69) is 31.5 Å². The molecule has 4 amide bonds. The van der Waals surface area contributed by atoms with E-state index in [1.807, 2.05) is 18.2 Å². The lowest BCUT2D eigenvalue weighted by Crippen LogP contribution is -2.60. The van der Waals surface area contributed by atoms with Gasteiger partial charge in [-0.15, -0.1) is 0 Å². The number of benzene rings is 2. The Balaban J connectivity index is 0.000000306. The summed E-state index contributed by atoms with van der Waals surface area (Å²) in [6, 6.07) is 14.1. The van der Waals surface area contributed by atoms with Crippen molar-refractivity contribution in [2.45, 2.75) is 181 Å². The Bertz CT molecular complexity index is 3470. The third kappa shape index (κ3) is 21.7. The summed E-state index contributed by atoms with van der Waals surface area (Å²) < 4.78 is 102. The number of hydrazine groups is 2. The summed E-state index contributed by atoms with van der Waals surface area (Å²) in [5.41, 5.74) is 6.40. The van der Waals surface area contributed by atoms with Crippen LogP contribution in [-0.2, 0) is 47.8 Å². The van der Waals surface area contributed by atoms with E-state index in [0.717, 1.165) is 10.8 Å². The number of rotatable bonds is 14. The number of alkyl halides is 9. The van der Waals surface area contributed by atoms with Gasteiger partial charge in [-0.2, -0.15) is 26.3 Å². The maximum absolute atomic E-state index is 14.8. The Morgan fingerprint density at radius 1 is 0.842 bits per heavy atom. The van der Waals surface area contributed by atoms with E-state index >= 15 is 0 Å². The first-order valence-electron chi connectivity index (χ1n) is 31.7. The van der Waals surface area contributed by atoms with Crippen LogP contribution >= 0.6 is 34.8 Å². The lowest BCUT2D eigenvalue weighted by atomic mass is 9.71. The molecule has 2 aromatic heterocycles. The van der Waals surface area contributed by atoms with E-state index in [4.69, 9.17) is 49.0 Å². The highest BCUT2D eigenvalue weighted by Crippen LogP contribution is 2.48. The Labute approximate surface area is 565 Å². The second-order valence-corrected chi connectivity index (χ2v) is 29.2. The fourth-order valence-electron chi connectivity index (χ4n) is 11.7. The van der Waals surface area contributed by atoms with Gasteiger partial charge in [-0.05, 0) is 124 Å². The lowest BCUT2D eigenvalue weighted by Gasteiger charge is -2.37. The third-order valence-electron chi connectivity index (χ3n) is 17.5. The van der Waals surface area contributed by atoms with Crippen LogP contribution in [0.3, 0.4) is 0 Å². The van der Waals surface area contributed by atoms with Crippen molar-refractivity contribution in [2.75, 3.05) is 19.7 Å².